The molecule has 0 aliphatic carbocycles. The number of aromatic nitrogens is 2. The summed E-state index contributed by atoms with van der Waals surface area (Å²) in [5.74, 6) is 0.613. The van der Waals surface area contributed by atoms with Gasteiger partial charge in [-0.3, -0.25) is 0 Å². The van der Waals surface area contributed by atoms with Crippen molar-refractivity contribution < 1.29 is 9.53 Å². The molecule has 3 aromatic rings. The van der Waals surface area contributed by atoms with E-state index in [1.165, 1.54) is 6.08 Å². The maximum atomic E-state index is 11.4. The summed E-state index contributed by atoms with van der Waals surface area (Å²) in [5.41, 5.74) is 5.28. The minimum Gasteiger partial charge on any atom is -0.463 e. The predicted octanol–water partition coefficient (Wildman–Crippen LogP) is 3.80. The number of nitrogens with zero attached hydrogens (tertiary/aromatic N) is 2. The van der Waals surface area contributed by atoms with Gasteiger partial charge in [0, 0.05) is 32.3 Å². The van der Waals surface area contributed by atoms with Gasteiger partial charge in [-0.15, -0.1) is 0 Å². The first-order valence-corrected chi connectivity index (χ1v) is 8.65. The van der Waals surface area contributed by atoms with Gasteiger partial charge in [-0.05, 0) is 42.3 Å². The van der Waals surface area contributed by atoms with Crippen molar-refractivity contribution in [2.24, 2.45) is 0 Å². The van der Waals surface area contributed by atoms with E-state index in [-0.39, 0.29) is 5.97 Å². The van der Waals surface area contributed by atoms with Crippen molar-refractivity contribution in [3.63, 3.8) is 0 Å². The van der Waals surface area contributed by atoms with E-state index in [1.807, 2.05) is 44.4 Å². The fraction of sp³-hybridized carbons (Fsp3) is 0.238. The van der Waals surface area contributed by atoms with Crippen molar-refractivity contribution in [3.05, 3.63) is 65.5 Å². The SMILES string of the molecule is CCOC(=O)C=Cc1ccc(Cc2nc3ccc(N(C)C)cc3[nH]2)cc1. The quantitative estimate of drug-likeness (QED) is 0.543. The van der Waals surface area contributed by atoms with Gasteiger partial charge < -0.3 is 14.6 Å². The van der Waals surface area contributed by atoms with E-state index in [0.29, 0.717) is 6.61 Å². The number of rotatable bonds is 6. The molecule has 1 N–H and O–H groups in total. The summed E-state index contributed by atoms with van der Waals surface area (Å²) in [6.07, 6.45) is 3.93. The molecular weight excluding hydrogens is 326 g/mol. The highest BCUT2D eigenvalue weighted by Gasteiger charge is 2.06. The number of hydrogen-bond acceptors (Lipinski definition) is 4. The van der Waals surface area contributed by atoms with Gasteiger partial charge in [0.05, 0.1) is 17.6 Å². The number of benzene rings is 2. The van der Waals surface area contributed by atoms with E-state index in [0.717, 1.165) is 40.1 Å². The van der Waals surface area contributed by atoms with Crippen molar-refractivity contribution in [2.75, 3.05) is 25.6 Å². The average Bonchev–Trinajstić information content (AvgIpc) is 3.02. The normalized spacial score (nSPS) is 11.2. The average molecular weight is 349 g/mol. The van der Waals surface area contributed by atoms with E-state index in [1.54, 1.807) is 13.0 Å². The molecule has 26 heavy (non-hydrogen) atoms. The van der Waals surface area contributed by atoms with Crippen LogP contribution in [-0.2, 0) is 16.0 Å². The van der Waals surface area contributed by atoms with Crippen LogP contribution in [-0.4, -0.2) is 36.6 Å². The van der Waals surface area contributed by atoms with Crippen LogP contribution in [0.2, 0.25) is 0 Å². The molecule has 1 heterocycles. The molecule has 0 atom stereocenters. The molecule has 0 spiro atoms. The summed E-state index contributed by atoms with van der Waals surface area (Å²) < 4.78 is 4.88. The predicted molar refractivity (Wildman–Crippen MR) is 105 cm³/mol. The number of H-pyrrole nitrogens is 1. The van der Waals surface area contributed by atoms with Crippen LogP contribution in [0.25, 0.3) is 17.1 Å². The molecule has 0 saturated carbocycles. The molecule has 5 heteroatoms. The van der Waals surface area contributed by atoms with Crippen LogP contribution in [0, 0.1) is 0 Å². The van der Waals surface area contributed by atoms with Gasteiger partial charge in [0.25, 0.3) is 0 Å². The number of nitrogens with one attached hydrogen (secondary N) is 1. The fourth-order valence-corrected chi connectivity index (χ4v) is 2.71. The van der Waals surface area contributed by atoms with E-state index < -0.39 is 0 Å². The lowest BCUT2D eigenvalue weighted by Crippen LogP contribution is -2.07. The largest absolute Gasteiger partial charge is 0.463 e. The van der Waals surface area contributed by atoms with Gasteiger partial charge in [-0.2, -0.15) is 0 Å². The number of carbonyl (C=O) groups is 1. The fourth-order valence-electron chi connectivity index (χ4n) is 2.71. The van der Waals surface area contributed by atoms with E-state index in [4.69, 9.17) is 4.74 Å². The second kappa shape index (κ2) is 7.87. The Morgan fingerprint density at radius 2 is 1.96 bits per heavy atom. The van der Waals surface area contributed by atoms with Gasteiger partial charge in [0.1, 0.15) is 5.82 Å². The van der Waals surface area contributed by atoms with Crippen LogP contribution in [0.15, 0.2) is 48.5 Å². The van der Waals surface area contributed by atoms with E-state index in [9.17, 15) is 4.79 Å². The smallest absolute Gasteiger partial charge is 0.330 e. The zero-order chi connectivity index (χ0) is 18.5. The molecule has 3 rings (SSSR count). The molecule has 0 aliphatic rings. The number of imidazole rings is 1. The van der Waals surface area contributed by atoms with Gasteiger partial charge in [-0.25, -0.2) is 9.78 Å². The molecule has 0 amide bonds. The Morgan fingerprint density at radius 3 is 2.65 bits per heavy atom. The second-order valence-corrected chi connectivity index (χ2v) is 6.28. The van der Waals surface area contributed by atoms with Crippen molar-refractivity contribution in [3.8, 4) is 0 Å². The number of carbonyl (C=O) groups excluding carboxylic acids is 1. The zero-order valence-corrected chi connectivity index (χ0v) is 15.3. The van der Waals surface area contributed by atoms with Crippen LogP contribution in [0.3, 0.4) is 0 Å². The van der Waals surface area contributed by atoms with Crippen LogP contribution in [0.4, 0.5) is 5.69 Å². The van der Waals surface area contributed by atoms with Crippen LogP contribution in [0.1, 0.15) is 23.9 Å². The zero-order valence-electron chi connectivity index (χ0n) is 15.3. The summed E-state index contributed by atoms with van der Waals surface area (Å²) in [7, 11) is 4.05. The molecule has 0 unspecified atom stereocenters. The molecule has 5 nitrogen and oxygen atoms in total. The van der Waals surface area contributed by atoms with Gasteiger partial charge in [0.2, 0.25) is 0 Å². The lowest BCUT2D eigenvalue weighted by Gasteiger charge is -2.11. The first-order valence-electron chi connectivity index (χ1n) is 8.65. The third kappa shape index (κ3) is 4.30. The lowest BCUT2D eigenvalue weighted by atomic mass is 10.1. The Labute approximate surface area is 153 Å². The summed E-state index contributed by atoms with van der Waals surface area (Å²) in [6, 6.07) is 14.3. The summed E-state index contributed by atoms with van der Waals surface area (Å²) >= 11 is 0. The molecule has 1 aromatic heterocycles. The number of fused-ring (bicyclic) bond motifs is 1. The van der Waals surface area contributed by atoms with Gasteiger partial charge in [0.15, 0.2) is 0 Å². The molecule has 0 bridgehead atoms. The Bertz CT molecular complexity index is 924. The Morgan fingerprint density at radius 1 is 1.19 bits per heavy atom. The Hall–Kier alpha value is -3.08. The number of aromatic amines is 1. The minimum atomic E-state index is -0.323. The number of hydrogen-bond donors (Lipinski definition) is 1. The second-order valence-electron chi connectivity index (χ2n) is 6.28. The number of ether oxygens (including phenoxy) is 1. The number of anilines is 1. The van der Waals surface area contributed by atoms with Crippen molar-refractivity contribution in [1.29, 1.82) is 0 Å². The van der Waals surface area contributed by atoms with Crippen LogP contribution >= 0.6 is 0 Å². The minimum absolute atomic E-state index is 0.323. The summed E-state index contributed by atoms with van der Waals surface area (Å²) in [4.78, 5) is 21.5. The first-order chi connectivity index (χ1) is 12.5. The maximum Gasteiger partial charge on any atom is 0.330 e. The third-order valence-electron chi connectivity index (χ3n) is 4.08. The summed E-state index contributed by atoms with van der Waals surface area (Å²) in [6.45, 7) is 2.18. The van der Waals surface area contributed by atoms with Crippen LogP contribution < -0.4 is 4.90 Å². The Balaban J connectivity index is 1.71. The highest BCUT2D eigenvalue weighted by Crippen LogP contribution is 2.20. The van der Waals surface area contributed by atoms with Gasteiger partial charge >= 0.3 is 5.97 Å². The first kappa shape index (κ1) is 17.7. The van der Waals surface area contributed by atoms with Crippen molar-refractivity contribution in [1.82, 2.24) is 9.97 Å². The monoisotopic (exact) mass is 349 g/mol. The van der Waals surface area contributed by atoms with Crippen molar-refractivity contribution >= 4 is 28.8 Å². The molecule has 0 aliphatic heterocycles. The molecule has 0 radical (unpaired) electrons. The van der Waals surface area contributed by atoms with Crippen molar-refractivity contribution in [2.45, 2.75) is 13.3 Å². The highest BCUT2D eigenvalue weighted by atomic mass is 16.5. The van der Waals surface area contributed by atoms with Crippen LogP contribution in [0.5, 0.6) is 0 Å². The molecule has 134 valence electrons. The lowest BCUT2D eigenvalue weighted by molar-refractivity contribution is -0.137. The number of esters is 1. The Kier molecular flexibility index (Phi) is 5.37. The van der Waals surface area contributed by atoms with E-state index >= 15 is 0 Å². The third-order valence-corrected chi connectivity index (χ3v) is 4.08. The highest BCUT2D eigenvalue weighted by molar-refractivity contribution is 5.87. The summed E-state index contributed by atoms with van der Waals surface area (Å²) in [5, 5.41) is 0. The molecular formula is C21H23N3O2. The standard InChI is InChI=1S/C21H23N3O2/c1-4-26-21(25)12-9-15-5-7-16(8-6-15)13-20-22-18-11-10-17(24(2)3)14-19(18)23-20/h5-12,14H,4,13H2,1-3H3,(H,22,23). The molecule has 0 fully saturated rings. The van der Waals surface area contributed by atoms with E-state index in [2.05, 4.69) is 27.0 Å². The van der Waals surface area contributed by atoms with Gasteiger partial charge in [-0.1, -0.05) is 24.3 Å². The molecule has 0 saturated heterocycles. The molecule has 2 aromatic carbocycles. The maximum absolute atomic E-state index is 11.4. The topological polar surface area (TPSA) is 58.2 Å².